The molecule has 1 heteroatoms. The van der Waals surface area contributed by atoms with E-state index in [9.17, 15) is 0 Å². The molecular weight excluding hydrogens is 242 g/mol. The Kier molecular flexibility index (Phi) is 6.97. The molecule has 0 bridgehead atoms. The smallest absolute Gasteiger partial charge is 0.0376 e. The molecule has 0 aliphatic carbocycles. The number of hydrogen-bond donors (Lipinski definition) is 1. The van der Waals surface area contributed by atoms with Crippen molar-refractivity contribution in [3.8, 4) is 0 Å². The first kappa shape index (κ1) is 15.4. The van der Waals surface area contributed by atoms with Crippen LogP contribution in [-0.4, -0.2) is 6.54 Å². The monoisotopic (exact) mass is 273 g/mol. The van der Waals surface area contributed by atoms with Crippen LogP contribution in [0, 0.1) is 0 Å². The molecule has 112 valence electrons. The van der Waals surface area contributed by atoms with Crippen LogP contribution in [0.3, 0.4) is 0 Å². The highest BCUT2D eigenvalue weighted by Crippen LogP contribution is 2.34. The third-order valence-electron chi connectivity index (χ3n) is 4.60. The molecule has 1 atom stereocenters. The van der Waals surface area contributed by atoms with Gasteiger partial charge in [-0.15, -0.1) is 0 Å². The zero-order chi connectivity index (χ0) is 14.0. The number of fused-ring (bicyclic) bond motifs is 1. The molecule has 0 spiro atoms. The van der Waals surface area contributed by atoms with Crippen LogP contribution in [0.15, 0.2) is 24.3 Å². The zero-order valence-electron chi connectivity index (χ0n) is 13.2. The van der Waals surface area contributed by atoms with Gasteiger partial charge in [-0.25, -0.2) is 0 Å². The van der Waals surface area contributed by atoms with E-state index in [-0.39, 0.29) is 0 Å². The van der Waals surface area contributed by atoms with Gasteiger partial charge in [0, 0.05) is 18.2 Å². The highest BCUT2D eigenvalue weighted by molar-refractivity contribution is 5.57. The number of hydrogen-bond acceptors (Lipinski definition) is 1. The molecule has 0 fully saturated rings. The van der Waals surface area contributed by atoms with E-state index in [2.05, 4.69) is 36.5 Å². The van der Waals surface area contributed by atoms with Crippen LogP contribution in [0.4, 0.5) is 5.69 Å². The molecule has 1 aliphatic heterocycles. The van der Waals surface area contributed by atoms with E-state index in [1.54, 1.807) is 5.56 Å². The Morgan fingerprint density at radius 1 is 0.900 bits per heavy atom. The fourth-order valence-corrected chi connectivity index (χ4v) is 3.32. The summed E-state index contributed by atoms with van der Waals surface area (Å²) in [6, 6.07) is 8.82. The van der Waals surface area contributed by atoms with E-state index in [1.165, 1.54) is 69.9 Å². The first-order chi connectivity index (χ1) is 9.92. The number of nitrogens with one attached hydrogen (secondary N) is 1. The summed E-state index contributed by atoms with van der Waals surface area (Å²) in [5.74, 6) is 0.760. The highest BCUT2D eigenvalue weighted by atomic mass is 14.9. The van der Waals surface area contributed by atoms with Gasteiger partial charge in [0.05, 0.1) is 0 Å². The second-order valence-electron chi connectivity index (χ2n) is 6.28. The topological polar surface area (TPSA) is 12.0 Å². The fraction of sp³-hybridized carbons (Fsp3) is 0.684. The number of anilines is 1. The molecule has 1 nitrogen and oxygen atoms in total. The molecule has 0 radical (unpaired) electrons. The maximum absolute atomic E-state index is 3.53. The number of para-hydroxylation sites is 1. The first-order valence-corrected chi connectivity index (χ1v) is 8.74. The van der Waals surface area contributed by atoms with Crippen LogP contribution in [0.25, 0.3) is 0 Å². The van der Waals surface area contributed by atoms with Gasteiger partial charge in [0.2, 0.25) is 0 Å². The van der Waals surface area contributed by atoms with Crippen LogP contribution in [0.1, 0.15) is 82.6 Å². The van der Waals surface area contributed by atoms with E-state index in [1.807, 2.05) is 0 Å². The third kappa shape index (κ3) is 4.85. The van der Waals surface area contributed by atoms with Crippen LogP contribution in [0.5, 0.6) is 0 Å². The lowest BCUT2D eigenvalue weighted by molar-refractivity contribution is 0.538. The van der Waals surface area contributed by atoms with Crippen molar-refractivity contribution in [2.45, 2.75) is 77.0 Å². The van der Waals surface area contributed by atoms with E-state index in [4.69, 9.17) is 0 Å². The van der Waals surface area contributed by atoms with Gasteiger partial charge >= 0.3 is 0 Å². The Balaban J connectivity index is 1.50. The van der Waals surface area contributed by atoms with Crippen LogP contribution < -0.4 is 5.32 Å². The van der Waals surface area contributed by atoms with Crippen molar-refractivity contribution in [3.05, 3.63) is 29.8 Å². The minimum Gasteiger partial charge on any atom is -0.384 e. The molecule has 1 aliphatic rings. The van der Waals surface area contributed by atoms with Gasteiger partial charge in [0.25, 0.3) is 0 Å². The lowest BCUT2D eigenvalue weighted by atomic mass is 9.94. The van der Waals surface area contributed by atoms with Crippen molar-refractivity contribution >= 4 is 5.69 Å². The summed E-state index contributed by atoms with van der Waals surface area (Å²) in [5, 5.41) is 3.53. The number of unbranched alkanes of at least 4 members (excludes halogenated alkanes) is 8. The lowest BCUT2D eigenvalue weighted by Crippen LogP contribution is -2.01. The van der Waals surface area contributed by atoms with Crippen molar-refractivity contribution in [3.63, 3.8) is 0 Å². The molecule has 1 unspecified atom stereocenters. The summed E-state index contributed by atoms with van der Waals surface area (Å²) in [6.07, 6.45) is 14.2. The molecule has 1 aromatic rings. The molecule has 1 N–H and O–H groups in total. The van der Waals surface area contributed by atoms with Gasteiger partial charge in [-0.3, -0.25) is 0 Å². The second kappa shape index (κ2) is 9.05. The van der Waals surface area contributed by atoms with Gasteiger partial charge in [-0.2, -0.15) is 0 Å². The third-order valence-corrected chi connectivity index (χ3v) is 4.60. The standard InChI is InChI=1S/C19H31N/c1-2-3-4-5-6-7-8-9-10-13-17-16-20-19-15-12-11-14-18(17)19/h11-12,14-15,17,20H,2-10,13,16H2,1H3. The van der Waals surface area contributed by atoms with E-state index < -0.39 is 0 Å². The van der Waals surface area contributed by atoms with Gasteiger partial charge < -0.3 is 5.32 Å². The maximum atomic E-state index is 3.53. The normalized spacial score (nSPS) is 16.9. The summed E-state index contributed by atoms with van der Waals surface area (Å²) in [6.45, 7) is 3.44. The SMILES string of the molecule is CCCCCCCCCCCC1CNc2ccccc21. The van der Waals surface area contributed by atoms with Crippen LogP contribution >= 0.6 is 0 Å². The summed E-state index contributed by atoms with van der Waals surface area (Å²) < 4.78 is 0. The Bertz CT molecular complexity index is 372. The van der Waals surface area contributed by atoms with Gasteiger partial charge in [-0.1, -0.05) is 82.9 Å². The Labute approximate surface area is 125 Å². The number of rotatable bonds is 10. The molecule has 0 saturated carbocycles. The molecule has 1 heterocycles. The highest BCUT2D eigenvalue weighted by Gasteiger charge is 2.20. The van der Waals surface area contributed by atoms with E-state index in [0.717, 1.165) is 12.5 Å². The predicted octanol–water partition coefficient (Wildman–Crippen LogP) is 6.12. The molecule has 2 rings (SSSR count). The molecule has 1 aromatic carbocycles. The van der Waals surface area contributed by atoms with Crippen molar-refractivity contribution in [1.82, 2.24) is 0 Å². The summed E-state index contributed by atoms with van der Waals surface area (Å²) in [5.41, 5.74) is 2.92. The Hall–Kier alpha value is -0.980. The van der Waals surface area contributed by atoms with Crippen LogP contribution in [0.2, 0.25) is 0 Å². The van der Waals surface area contributed by atoms with E-state index >= 15 is 0 Å². The molecule has 0 aromatic heterocycles. The average Bonchev–Trinajstić information content (AvgIpc) is 2.89. The summed E-state index contributed by atoms with van der Waals surface area (Å²) in [4.78, 5) is 0. The largest absolute Gasteiger partial charge is 0.384 e. The predicted molar refractivity (Wildman–Crippen MR) is 89.5 cm³/mol. The van der Waals surface area contributed by atoms with Crippen molar-refractivity contribution in [2.75, 3.05) is 11.9 Å². The quantitative estimate of drug-likeness (QED) is 0.507. The Morgan fingerprint density at radius 2 is 1.55 bits per heavy atom. The van der Waals surface area contributed by atoms with Gasteiger partial charge in [-0.05, 0) is 18.1 Å². The van der Waals surface area contributed by atoms with Gasteiger partial charge in [0.1, 0.15) is 0 Å². The lowest BCUT2D eigenvalue weighted by Gasteiger charge is -2.09. The fourth-order valence-electron chi connectivity index (χ4n) is 3.32. The zero-order valence-corrected chi connectivity index (χ0v) is 13.2. The van der Waals surface area contributed by atoms with Crippen molar-refractivity contribution < 1.29 is 0 Å². The minimum atomic E-state index is 0.760. The molecule has 0 saturated heterocycles. The van der Waals surface area contributed by atoms with E-state index in [0.29, 0.717) is 0 Å². The summed E-state index contributed by atoms with van der Waals surface area (Å²) >= 11 is 0. The maximum Gasteiger partial charge on any atom is 0.0376 e. The minimum absolute atomic E-state index is 0.760. The van der Waals surface area contributed by atoms with Crippen molar-refractivity contribution in [1.29, 1.82) is 0 Å². The molecule has 0 amide bonds. The number of benzene rings is 1. The van der Waals surface area contributed by atoms with Crippen LogP contribution in [-0.2, 0) is 0 Å². The van der Waals surface area contributed by atoms with Gasteiger partial charge in [0.15, 0.2) is 0 Å². The Morgan fingerprint density at radius 3 is 2.30 bits per heavy atom. The first-order valence-electron chi connectivity index (χ1n) is 8.74. The van der Waals surface area contributed by atoms with Crippen molar-refractivity contribution in [2.24, 2.45) is 0 Å². The summed E-state index contributed by atoms with van der Waals surface area (Å²) in [7, 11) is 0. The average molecular weight is 273 g/mol. The molecule has 20 heavy (non-hydrogen) atoms. The second-order valence-corrected chi connectivity index (χ2v) is 6.28. The molecular formula is C19H31N.